The third-order valence-electron chi connectivity index (χ3n) is 2.47. The summed E-state index contributed by atoms with van der Waals surface area (Å²) in [6.07, 6.45) is 0.750. The lowest BCUT2D eigenvalue weighted by Crippen LogP contribution is -2.40. The van der Waals surface area contributed by atoms with Crippen molar-refractivity contribution < 1.29 is 19.1 Å². The Morgan fingerprint density at radius 3 is 2.79 bits per heavy atom. The Hall–Kier alpha value is -2.42. The van der Waals surface area contributed by atoms with Crippen LogP contribution < -0.4 is 5.32 Å². The summed E-state index contributed by atoms with van der Waals surface area (Å²) in [5.41, 5.74) is 0.0616. The highest BCUT2D eigenvalue weighted by Gasteiger charge is 2.20. The van der Waals surface area contributed by atoms with E-state index in [1.54, 1.807) is 0 Å². The smallest absolute Gasteiger partial charge is 0.326 e. The SMILES string of the molecule is N#CCCC[C@H](NC(=O)c1cccc(F)c1)C(=O)O. The van der Waals surface area contributed by atoms with Crippen LogP contribution >= 0.6 is 0 Å². The monoisotopic (exact) mass is 264 g/mol. The van der Waals surface area contributed by atoms with Gasteiger partial charge in [0, 0.05) is 12.0 Å². The highest BCUT2D eigenvalue weighted by molar-refractivity contribution is 5.96. The van der Waals surface area contributed by atoms with Crippen LogP contribution in [0.2, 0.25) is 0 Å². The number of hydrogen-bond acceptors (Lipinski definition) is 3. The average Bonchev–Trinajstić information content (AvgIpc) is 2.37. The van der Waals surface area contributed by atoms with E-state index in [2.05, 4.69) is 5.32 Å². The van der Waals surface area contributed by atoms with Gasteiger partial charge in [-0.3, -0.25) is 4.79 Å². The van der Waals surface area contributed by atoms with Gasteiger partial charge in [0.1, 0.15) is 11.9 Å². The summed E-state index contributed by atoms with van der Waals surface area (Å²) < 4.78 is 12.9. The summed E-state index contributed by atoms with van der Waals surface area (Å²) in [6.45, 7) is 0. The standard InChI is InChI=1S/C13H13FN2O3/c14-10-5-3-4-9(8-10)12(17)16-11(13(18)19)6-1-2-7-15/h3-5,8,11H,1-2,6H2,(H,16,17)(H,18,19)/t11-/m0/s1. The maximum atomic E-state index is 12.9. The number of carbonyl (C=O) groups excluding carboxylic acids is 1. The van der Waals surface area contributed by atoms with Gasteiger partial charge in [-0.2, -0.15) is 5.26 Å². The maximum Gasteiger partial charge on any atom is 0.326 e. The van der Waals surface area contributed by atoms with Gasteiger partial charge < -0.3 is 10.4 Å². The van der Waals surface area contributed by atoms with E-state index in [4.69, 9.17) is 10.4 Å². The zero-order valence-electron chi connectivity index (χ0n) is 10.1. The number of unbranched alkanes of at least 4 members (excludes halogenated alkanes) is 1. The van der Waals surface area contributed by atoms with Crippen LogP contribution in [0.15, 0.2) is 24.3 Å². The first-order chi connectivity index (χ1) is 9.04. The van der Waals surface area contributed by atoms with E-state index < -0.39 is 23.7 Å². The number of carboxylic acid groups (broad SMARTS) is 1. The summed E-state index contributed by atoms with van der Waals surface area (Å²) in [6, 6.07) is 5.81. The first-order valence-corrected chi connectivity index (χ1v) is 5.70. The number of carbonyl (C=O) groups is 2. The quantitative estimate of drug-likeness (QED) is 0.765. The summed E-state index contributed by atoms with van der Waals surface area (Å²) >= 11 is 0. The average molecular weight is 264 g/mol. The number of nitrogens with one attached hydrogen (secondary N) is 1. The lowest BCUT2D eigenvalue weighted by atomic mass is 10.1. The molecule has 0 aliphatic rings. The second-order valence-electron chi connectivity index (χ2n) is 3.92. The van der Waals surface area contributed by atoms with Crippen molar-refractivity contribution in [1.29, 1.82) is 5.26 Å². The predicted octanol–water partition coefficient (Wildman–Crippen LogP) is 1.70. The van der Waals surface area contributed by atoms with Crippen molar-refractivity contribution >= 4 is 11.9 Å². The first kappa shape index (κ1) is 14.6. The number of amides is 1. The van der Waals surface area contributed by atoms with Crippen molar-refractivity contribution in [3.8, 4) is 6.07 Å². The number of benzene rings is 1. The lowest BCUT2D eigenvalue weighted by molar-refractivity contribution is -0.139. The van der Waals surface area contributed by atoms with Gasteiger partial charge >= 0.3 is 5.97 Å². The zero-order chi connectivity index (χ0) is 14.3. The number of halogens is 1. The van der Waals surface area contributed by atoms with E-state index in [9.17, 15) is 14.0 Å². The fourth-order valence-corrected chi connectivity index (χ4v) is 1.51. The van der Waals surface area contributed by atoms with Gasteiger partial charge in [-0.05, 0) is 31.0 Å². The van der Waals surface area contributed by atoms with Crippen molar-refractivity contribution in [3.63, 3.8) is 0 Å². The van der Waals surface area contributed by atoms with Gasteiger partial charge in [0.25, 0.3) is 5.91 Å². The molecule has 0 saturated heterocycles. The number of rotatable bonds is 6. The Labute approximate surface area is 109 Å². The fraction of sp³-hybridized carbons (Fsp3) is 0.308. The molecule has 0 aromatic heterocycles. The minimum atomic E-state index is -1.18. The number of nitrogens with zero attached hydrogens (tertiary/aromatic N) is 1. The zero-order valence-corrected chi connectivity index (χ0v) is 10.1. The molecular formula is C13H13FN2O3. The van der Waals surface area contributed by atoms with Crippen LogP contribution in [0.5, 0.6) is 0 Å². The van der Waals surface area contributed by atoms with Crippen LogP contribution in [0.4, 0.5) is 4.39 Å². The molecule has 0 bridgehead atoms. The molecule has 0 fully saturated rings. The summed E-state index contributed by atoms with van der Waals surface area (Å²) in [5, 5.41) is 19.6. The second kappa shape index (κ2) is 7.11. The van der Waals surface area contributed by atoms with Crippen molar-refractivity contribution in [2.24, 2.45) is 0 Å². The van der Waals surface area contributed by atoms with Crippen LogP contribution in [0, 0.1) is 17.1 Å². The van der Waals surface area contributed by atoms with E-state index in [0.29, 0.717) is 6.42 Å². The number of nitriles is 1. The molecule has 0 aliphatic heterocycles. The van der Waals surface area contributed by atoms with E-state index in [-0.39, 0.29) is 18.4 Å². The molecule has 1 aromatic carbocycles. The molecule has 1 atom stereocenters. The van der Waals surface area contributed by atoms with Gasteiger partial charge in [0.15, 0.2) is 0 Å². The number of hydrogen-bond donors (Lipinski definition) is 2. The van der Waals surface area contributed by atoms with E-state index in [0.717, 1.165) is 6.07 Å². The molecule has 2 N–H and O–H groups in total. The molecule has 0 aliphatic carbocycles. The van der Waals surface area contributed by atoms with Crippen LogP contribution in [0.1, 0.15) is 29.6 Å². The number of carboxylic acids is 1. The highest BCUT2D eigenvalue weighted by atomic mass is 19.1. The van der Waals surface area contributed by atoms with Gasteiger partial charge in [0.05, 0.1) is 6.07 Å². The van der Waals surface area contributed by atoms with Crippen LogP contribution in [-0.2, 0) is 4.79 Å². The molecule has 19 heavy (non-hydrogen) atoms. The van der Waals surface area contributed by atoms with Gasteiger partial charge in [-0.1, -0.05) is 6.07 Å². The molecule has 0 unspecified atom stereocenters. The van der Waals surface area contributed by atoms with Crippen molar-refractivity contribution in [3.05, 3.63) is 35.6 Å². The number of aliphatic carboxylic acids is 1. The second-order valence-corrected chi connectivity index (χ2v) is 3.92. The largest absolute Gasteiger partial charge is 0.480 e. The summed E-state index contributed by atoms with van der Waals surface area (Å²) in [5.74, 6) is -2.39. The Morgan fingerprint density at radius 2 is 2.21 bits per heavy atom. The third kappa shape index (κ3) is 4.76. The predicted molar refractivity (Wildman–Crippen MR) is 64.8 cm³/mol. The molecule has 0 radical (unpaired) electrons. The minimum Gasteiger partial charge on any atom is -0.480 e. The van der Waals surface area contributed by atoms with Crippen LogP contribution in [0.3, 0.4) is 0 Å². The Balaban J connectivity index is 2.66. The van der Waals surface area contributed by atoms with Crippen LogP contribution in [0.25, 0.3) is 0 Å². The molecule has 6 heteroatoms. The molecule has 5 nitrogen and oxygen atoms in total. The summed E-state index contributed by atoms with van der Waals surface area (Å²) in [4.78, 5) is 22.7. The molecule has 1 aromatic rings. The summed E-state index contributed by atoms with van der Waals surface area (Å²) in [7, 11) is 0. The molecule has 0 saturated carbocycles. The molecule has 0 spiro atoms. The minimum absolute atomic E-state index is 0.0616. The molecular weight excluding hydrogens is 251 g/mol. The lowest BCUT2D eigenvalue weighted by Gasteiger charge is -2.13. The molecule has 1 amide bonds. The van der Waals surface area contributed by atoms with Gasteiger partial charge in [-0.25, -0.2) is 9.18 Å². The first-order valence-electron chi connectivity index (χ1n) is 5.70. The Bertz CT molecular complexity index is 511. The fourth-order valence-electron chi connectivity index (χ4n) is 1.51. The van der Waals surface area contributed by atoms with Crippen molar-refractivity contribution in [1.82, 2.24) is 5.32 Å². The molecule has 0 heterocycles. The van der Waals surface area contributed by atoms with Crippen LogP contribution in [-0.4, -0.2) is 23.0 Å². The normalized spacial score (nSPS) is 11.4. The molecule has 1 rings (SSSR count). The highest BCUT2D eigenvalue weighted by Crippen LogP contribution is 2.06. The van der Waals surface area contributed by atoms with Gasteiger partial charge in [-0.15, -0.1) is 0 Å². The van der Waals surface area contributed by atoms with E-state index in [1.807, 2.05) is 6.07 Å². The van der Waals surface area contributed by atoms with Crippen molar-refractivity contribution in [2.45, 2.75) is 25.3 Å². The Kier molecular flexibility index (Phi) is 5.48. The third-order valence-corrected chi connectivity index (χ3v) is 2.47. The topological polar surface area (TPSA) is 90.2 Å². The van der Waals surface area contributed by atoms with Crippen molar-refractivity contribution in [2.75, 3.05) is 0 Å². The van der Waals surface area contributed by atoms with E-state index >= 15 is 0 Å². The van der Waals surface area contributed by atoms with E-state index in [1.165, 1.54) is 18.2 Å². The Morgan fingerprint density at radius 1 is 1.47 bits per heavy atom. The van der Waals surface area contributed by atoms with Gasteiger partial charge in [0.2, 0.25) is 0 Å². The molecule has 100 valence electrons. The maximum absolute atomic E-state index is 12.9.